The average Bonchev–Trinajstić information content (AvgIpc) is 3.29. The Kier molecular flexibility index (Phi) is 11.7. The van der Waals surface area contributed by atoms with Crippen molar-refractivity contribution in [3.8, 4) is 0 Å². The molecule has 5 rings (SSSR count). The fourth-order valence-electron chi connectivity index (χ4n) is 7.05. The number of nitrogens with one attached hydrogen (secondary N) is 1. The number of hydrogen-bond acceptors (Lipinski definition) is 6. The molecular weight excluding hydrogens is 607 g/mol. The molecule has 11 nitrogen and oxygen atoms in total. The van der Waals surface area contributed by atoms with E-state index in [0.717, 1.165) is 81.1 Å². The van der Waals surface area contributed by atoms with E-state index >= 15 is 0 Å². The number of alkyl halides is 3. The molecule has 0 radical (unpaired) electrons. The van der Waals surface area contributed by atoms with Gasteiger partial charge in [-0.25, -0.2) is 9.59 Å². The van der Waals surface area contributed by atoms with E-state index in [1.165, 1.54) is 19.3 Å². The van der Waals surface area contributed by atoms with Crippen molar-refractivity contribution in [2.75, 3.05) is 13.1 Å². The predicted octanol–water partition coefficient (Wildman–Crippen LogP) is 3.81. The average molecular weight is 652 g/mol. The number of carbonyl (C=O) groups is 4. The maximum atomic E-state index is 13.1. The Hall–Kier alpha value is -3.68. The Morgan fingerprint density at radius 3 is 2.28 bits per heavy atom. The second-order valence-electron chi connectivity index (χ2n) is 12.7. The number of aromatic nitrogens is 2. The van der Waals surface area contributed by atoms with Crippen molar-refractivity contribution in [1.29, 1.82) is 0 Å². The molecule has 0 spiro atoms. The van der Waals surface area contributed by atoms with Gasteiger partial charge in [-0.15, -0.1) is 0 Å². The second kappa shape index (κ2) is 15.3. The number of imidazole rings is 1. The lowest BCUT2D eigenvalue weighted by Crippen LogP contribution is -2.50. The smallest absolute Gasteiger partial charge is 0.475 e. The predicted molar refractivity (Wildman–Crippen MR) is 164 cm³/mol. The number of aryl methyl sites for hydroxylation is 2. The first kappa shape index (κ1) is 35.2. The summed E-state index contributed by atoms with van der Waals surface area (Å²) in [5.74, 6) is -2.31. The number of benzene rings is 1. The van der Waals surface area contributed by atoms with E-state index in [2.05, 4.69) is 11.4 Å². The molecule has 0 bridgehead atoms. The lowest BCUT2D eigenvalue weighted by atomic mass is 9.83. The van der Waals surface area contributed by atoms with Crippen LogP contribution >= 0.6 is 0 Å². The number of unbranched alkanes of at least 4 members (excludes halogenated alkanes) is 1. The molecule has 2 unspecified atom stereocenters. The van der Waals surface area contributed by atoms with E-state index in [9.17, 15) is 32.3 Å². The molecule has 1 saturated carbocycles. The Morgan fingerprint density at radius 1 is 1.02 bits per heavy atom. The lowest BCUT2D eigenvalue weighted by Gasteiger charge is -2.36. The molecule has 2 aliphatic heterocycles. The van der Waals surface area contributed by atoms with Gasteiger partial charge >= 0.3 is 17.8 Å². The van der Waals surface area contributed by atoms with E-state index < -0.39 is 24.1 Å². The molecule has 14 heteroatoms. The molecule has 3 amide bonds. The normalized spacial score (nSPS) is 20.6. The molecule has 3 fully saturated rings. The molecule has 1 aliphatic carbocycles. The van der Waals surface area contributed by atoms with Gasteiger partial charge in [0.25, 0.3) is 0 Å². The van der Waals surface area contributed by atoms with Gasteiger partial charge in [0, 0.05) is 26.6 Å². The number of likely N-dealkylation sites (tertiary alicyclic amines) is 1. The standard InChI is InChI=1S/C30H43N5O4.C2HF3O2/c1-33-27-22(12-7-13-23(27)35(30(33)39)24-14-15-25(36)32-28(24)37)11-6-5-8-20-16-18-34(19-17-20)29(38)26(31)21-9-3-2-4-10-21;3-2(4,5)1(6)7/h7,12-13,20-21,24,26H,2-6,8-11,14-19,31H2,1H3,(H,32,36,37);(H,6,7). The van der Waals surface area contributed by atoms with Crippen molar-refractivity contribution in [2.45, 2.75) is 102 Å². The van der Waals surface area contributed by atoms with Crippen molar-refractivity contribution in [3.05, 3.63) is 34.2 Å². The number of nitrogens with two attached hydrogens (primary N) is 1. The van der Waals surface area contributed by atoms with Crippen LogP contribution in [-0.2, 0) is 32.6 Å². The summed E-state index contributed by atoms with van der Waals surface area (Å²) in [6.07, 6.45) is 7.54. The largest absolute Gasteiger partial charge is 0.490 e. The number of imide groups is 1. The molecule has 46 heavy (non-hydrogen) atoms. The third-order valence-electron chi connectivity index (χ3n) is 9.63. The topological polar surface area (TPSA) is 157 Å². The highest BCUT2D eigenvalue weighted by atomic mass is 19.4. The van der Waals surface area contributed by atoms with Gasteiger partial charge in [0.05, 0.1) is 17.1 Å². The maximum Gasteiger partial charge on any atom is 0.490 e. The summed E-state index contributed by atoms with van der Waals surface area (Å²) in [4.78, 5) is 61.1. The fourth-order valence-corrected chi connectivity index (χ4v) is 7.05. The van der Waals surface area contributed by atoms with Gasteiger partial charge in [-0.2, -0.15) is 13.2 Å². The SMILES string of the molecule is Cn1c(=O)n(C2CCC(=O)NC2=O)c2cccc(CCCCC3CCN(C(=O)C(N)C4CCCCC4)CC3)c21.O=C(O)C(F)(F)F. The monoisotopic (exact) mass is 651 g/mol. The quantitative estimate of drug-likeness (QED) is 0.290. The number of carboxylic acids is 1. The van der Waals surface area contributed by atoms with Crippen molar-refractivity contribution < 1.29 is 37.5 Å². The molecule has 4 N–H and O–H groups in total. The zero-order valence-electron chi connectivity index (χ0n) is 26.2. The molecule has 3 aliphatic rings. The number of halogens is 3. The van der Waals surface area contributed by atoms with Crippen molar-refractivity contribution in [1.82, 2.24) is 19.4 Å². The Labute approximate surface area is 265 Å². The fraction of sp³-hybridized carbons (Fsp3) is 0.656. The number of nitrogens with zero attached hydrogens (tertiary/aromatic N) is 3. The van der Waals surface area contributed by atoms with Crippen LogP contribution in [0.5, 0.6) is 0 Å². The number of piperidine rings is 2. The van der Waals surface area contributed by atoms with Gasteiger partial charge in [0.1, 0.15) is 6.04 Å². The number of amides is 3. The molecular formula is C32H44F3N5O6. The third-order valence-corrected chi connectivity index (χ3v) is 9.63. The van der Waals surface area contributed by atoms with Gasteiger partial charge in [0.15, 0.2) is 0 Å². The van der Waals surface area contributed by atoms with Crippen LogP contribution in [0.2, 0.25) is 0 Å². The van der Waals surface area contributed by atoms with Crippen molar-refractivity contribution in [3.63, 3.8) is 0 Å². The molecule has 2 atom stereocenters. The van der Waals surface area contributed by atoms with Crippen LogP contribution in [0.15, 0.2) is 23.0 Å². The maximum absolute atomic E-state index is 13.1. The lowest BCUT2D eigenvalue weighted by molar-refractivity contribution is -0.192. The van der Waals surface area contributed by atoms with Gasteiger partial charge in [0.2, 0.25) is 17.7 Å². The first-order valence-electron chi connectivity index (χ1n) is 16.2. The number of carbonyl (C=O) groups excluding carboxylic acids is 3. The molecule has 1 aromatic carbocycles. The minimum atomic E-state index is -5.08. The molecule has 3 heterocycles. The summed E-state index contributed by atoms with van der Waals surface area (Å²) in [5, 5.41) is 9.50. The second-order valence-corrected chi connectivity index (χ2v) is 12.7. The molecule has 254 valence electrons. The van der Waals surface area contributed by atoms with Crippen molar-refractivity contribution in [2.24, 2.45) is 24.6 Å². The highest BCUT2D eigenvalue weighted by Gasteiger charge is 2.38. The number of hydrogen-bond donors (Lipinski definition) is 3. The minimum Gasteiger partial charge on any atom is -0.475 e. The Balaban J connectivity index is 0.000000617. The van der Waals surface area contributed by atoms with Gasteiger partial charge in [-0.05, 0) is 68.4 Å². The molecule has 2 saturated heterocycles. The van der Waals surface area contributed by atoms with Gasteiger partial charge in [-0.1, -0.05) is 44.2 Å². The van der Waals surface area contributed by atoms with E-state index in [1.54, 1.807) is 16.2 Å². The summed E-state index contributed by atoms with van der Waals surface area (Å²) in [5.41, 5.74) is 8.88. The van der Waals surface area contributed by atoms with Crippen LogP contribution in [-0.4, -0.2) is 68.1 Å². The van der Waals surface area contributed by atoms with Gasteiger partial charge < -0.3 is 15.7 Å². The third kappa shape index (κ3) is 8.37. The van der Waals surface area contributed by atoms with E-state index in [-0.39, 0.29) is 30.0 Å². The first-order valence-corrected chi connectivity index (χ1v) is 16.2. The highest BCUT2D eigenvalue weighted by Crippen LogP contribution is 2.29. The Morgan fingerprint density at radius 2 is 1.67 bits per heavy atom. The van der Waals surface area contributed by atoms with E-state index in [1.807, 2.05) is 17.0 Å². The van der Waals surface area contributed by atoms with Crippen molar-refractivity contribution >= 4 is 34.7 Å². The summed E-state index contributed by atoms with van der Waals surface area (Å²) < 4.78 is 34.9. The molecule has 1 aromatic heterocycles. The minimum absolute atomic E-state index is 0.156. The summed E-state index contributed by atoms with van der Waals surface area (Å²) in [6, 6.07) is 4.91. The molecule has 2 aromatic rings. The van der Waals surface area contributed by atoms with Crippen LogP contribution in [0.1, 0.15) is 88.7 Å². The highest BCUT2D eigenvalue weighted by molar-refractivity contribution is 6.00. The zero-order chi connectivity index (χ0) is 33.6. The van der Waals surface area contributed by atoms with E-state index in [4.69, 9.17) is 15.6 Å². The van der Waals surface area contributed by atoms with Crippen LogP contribution in [0, 0.1) is 11.8 Å². The van der Waals surface area contributed by atoms with Crippen LogP contribution in [0.25, 0.3) is 11.0 Å². The van der Waals surface area contributed by atoms with Crippen LogP contribution in [0.4, 0.5) is 13.2 Å². The number of aliphatic carboxylic acids is 1. The first-order chi connectivity index (χ1) is 21.8. The Bertz CT molecular complexity index is 1470. The van der Waals surface area contributed by atoms with Crippen LogP contribution < -0.4 is 16.7 Å². The number of fused-ring (bicyclic) bond motifs is 1. The van der Waals surface area contributed by atoms with E-state index in [0.29, 0.717) is 18.3 Å². The summed E-state index contributed by atoms with van der Waals surface area (Å²) >= 11 is 0. The number of carboxylic acid groups (broad SMARTS) is 1. The number of para-hydroxylation sites is 1. The summed E-state index contributed by atoms with van der Waals surface area (Å²) in [7, 11) is 1.76. The zero-order valence-corrected chi connectivity index (χ0v) is 26.2. The summed E-state index contributed by atoms with van der Waals surface area (Å²) in [6.45, 7) is 1.64. The van der Waals surface area contributed by atoms with Gasteiger partial charge in [-0.3, -0.25) is 28.8 Å². The van der Waals surface area contributed by atoms with Crippen LogP contribution in [0.3, 0.4) is 0 Å². The number of rotatable bonds is 8.